The summed E-state index contributed by atoms with van der Waals surface area (Å²) in [5.41, 5.74) is -1.66. The van der Waals surface area contributed by atoms with Crippen LogP contribution in [0.3, 0.4) is 0 Å². The van der Waals surface area contributed by atoms with E-state index in [1.165, 1.54) is 6.92 Å². The van der Waals surface area contributed by atoms with Crippen molar-refractivity contribution in [1.82, 2.24) is 14.5 Å². The Labute approximate surface area is 182 Å². The van der Waals surface area contributed by atoms with Crippen molar-refractivity contribution in [2.75, 3.05) is 24.6 Å². The van der Waals surface area contributed by atoms with E-state index in [1.54, 1.807) is 4.90 Å². The van der Waals surface area contributed by atoms with Crippen LogP contribution in [0, 0.1) is 0 Å². The lowest BCUT2D eigenvalue weighted by atomic mass is 10.1. The standard InChI is InChI=1S/C19H26N4O9/c1-10(24)29-9-13-14(30-11(2)25)15(31-12(3)26)16(32-13)23-18(20-17(27)21-19(23)28)22-7-5-4-6-8-22/h13-16H,4-9H2,1-3H3,(H,21,27,28)/t13-,14-,15-,16-/m1/s1. The fourth-order valence-corrected chi connectivity index (χ4v) is 3.86. The zero-order valence-corrected chi connectivity index (χ0v) is 18.1. The van der Waals surface area contributed by atoms with Crippen LogP contribution in [0.5, 0.6) is 0 Å². The van der Waals surface area contributed by atoms with Crippen LogP contribution >= 0.6 is 0 Å². The number of ether oxygens (including phenoxy) is 4. The highest BCUT2D eigenvalue weighted by atomic mass is 16.7. The molecule has 0 radical (unpaired) electrons. The average Bonchev–Trinajstić information content (AvgIpc) is 3.02. The number of carbonyl (C=O) groups is 3. The summed E-state index contributed by atoms with van der Waals surface area (Å²) < 4.78 is 22.7. The fourth-order valence-electron chi connectivity index (χ4n) is 3.86. The molecule has 2 aliphatic heterocycles. The molecule has 0 aromatic carbocycles. The van der Waals surface area contributed by atoms with Crippen LogP contribution in [0.15, 0.2) is 9.59 Å². The van der Waals surface area contributed by atoms with E-state index in [1.807, 2.05) is 0 Å². The van der Waals surface area contributed by atoms with Gasteiger partial charge < -0.3 is 23.8 Å². The molecule has 13 heteroatoms. The van der Waals surface area contributed by atoms with E-state index in [9.17, 15) is 24.0 Å². The minimum atomic E-state index is -1.29. The van der Waals surface area contributed by atoms with Gasteiger partial charge in [-0.25, -0.2) is 14.2 Å². The summed E-state index contributed by atoms with van der Waals surface area (Å²) in [6.45, 7) is 4.32. The largest absolute Gasteiger partial charge is 0.463 e. The predicted molar refractivity (Wildman–Crippen MR) is 107 cm³/mol. The van der Waals surface area contributed by atoms with E-state index < -0.39 is 53.8 Å². The molecule has 2 aliphatic rings. The minimum absolute atomic E-state index is 0.0512. The molecule has 2 saturated heterocycles. The van der Waals surface area contributed by atoms with Crippen molar-refractivity contribution in [1.29, 1.82) is 0 Å². The smallest absolute Gasteiger partial charge is 0.352 e. The third-order valence-corrected chi connectivity index (χ3v) is 5.08. The highest BCUT2D eigenvalue weighted by Crippen LogP contribution is 2.35. The molecule has 3 heterocycles. The predicted octanol–water partition coefficient (Wildman–Crippen LogP) is -0.754. The summed E-state index contributed by atoms with van der Waals surface area (Å²) in [5.74, 6) is -1.94. The normalized spacial score (nSPS) is 25.3. The number of aromatic nitrogens is 3. The van der Waals surface area contributed by atoms with Crippen molar-refractivity contribution in [2.45, 2.75) is 64.6 Å². The topological polar surface area (TPSA) is 159 Å². The first-order valence-corrected chi connectivity index (χ1v) is 10.3. The maximum atomic E-state index is 12.9. The van der Waals surface area contributed by atoms with Crippen LogP contribution < -0.4 is 16.3 Å². The van der Waals surface area contributed by atoms with Crippen LogP contribution in [-0.4, -0.2) is 70.5 Å². The van der Waals surface area contributed by atoms with Crippen molar-refractivity contribution in [3.8, 4) is 0 Å². The second-order valence-electron chi connectivity index (χ2n) is 7.58. The van der Waals surface area contributed by atoms with E-state index in [-0.39, 0.29) is 12.6 Å². The summed E-state index contributed by atoms with van der Waals surface area (Å²) in [5, 5.41) is 0. The molecule has 1 aromatic rings. The van der Waals surface area contributed by atoms with Gasteiger partial charge in [-0.1, -0.05) is 0 Å². The number of rotatable bonds is 6. The lowest BCUT2D eigenvalue weighted by Gasteiger charge is -2.31. The molecule has 0 saturated carbocycles. The molecule has 1 N–H and O–H groups in total. The first-order chi connectivity index (χ1) is 15.2. The summed E-state index contributed by atoms with van der Waals surface area (Å²) in [6, 6.07) is 0. The molecule has 1 aromatic heterocycles. The van der Waals surface area contributed by atoms with Gasteiger partial charge in [0, 0.05) is 33.9 Å². The number of piperidine rings is 1. The Morgan fingerprint density at radius 2 is 1.62 bits per heavy atom. The van der Waals surface area contributed by atoms with Crippen molar-refractivity contribution in [2.24, 2.45) is 0 Å². The van der Waals surface area contributed by atoms with Crippen LogP contribution in [0.2, 0.25) is 0 Å². The van der Waals surface area contributed by atoms with Crippen LogP contribution in [0.25, 0.3) is 0 Å². The summed E-state index contributed by atoms with van der Waals surface area (Å²) >= 11 is 0. The monoisotopic (exact) mass is 454 g/mol. The molecule has 176 valence electrons. The molecular weight excluding hydrogens is 428 g/mol. The molecular formula is C19H26N4O9. The summed E-state index contributed by atoms with van der Waals surface area (Å²) in [4.78, 5) is 67.5. The molecule has 13 nitrogen and oxygen atoms in total. The number of carbonyl (C=O) groups excluding carboxylic acids is 3. The highest BCUT2D eigenvalue weighted by Gasteiger charge is 2.52. The molecule has 0 amide bonds. The zero-order valence-electron chi connectivity index (χ0n) is 18.1. The van der Waals surface area contributed by atoms with E-state index in [4.69, 9.17) is 18.9 Å². The highest BCUT2D eigenvalue weighted by molar-refractivity contribution is 5.68. The Kier molecular flexibility index (Phi) is 7.28. The number of hydrogen-bond acceptors (Lipinski definition) is 11. The van der Waals surface area contributed by atoms with Crippen LogP contribution in [0.1, 0.15) is 46.3 Å². The third kappa shape index (κ3) is 5.33. The first-order valence-electron chi connectivity index (χ1n) is 10.3. The maximum Gasteiger partial charge on any atom is 0.352 e. The first kappa shape index (κ1) is 23.4. The minimum Gasteiger partial charge on any atom is -0.463 e. The van der Waals surface area contributed by atoms with E-state index >= 15 is 0 Å². The lowest BCUT2D eigenvalue weighted by molar-refractivity contribution is -0.166. The van der Waals surface area contributed by atoms with Crippen molar-refractivity contribution in [3.63, 3.8) is 0 Å². The van der Waals surface area contributed by atoms with Gasteiger partial charge in [0.1, 0.15) is 12.7 Å². The Morgan fingerprint density at radius 3 is 2.22 bits per heavy atom. The number of aromatic amines is 1. The molecule has 4 atom stereocenters. The molecule has 0 aliphatic carbocycles. The number of hydrogen-bond donors (Lipinski definition) is 1. The zero-order chi connectivity index (χ0) is 23.4. The van der Waals surface area contributed by atoms with Crippen LogP contribution in [0.4, 0.5) is 5.95 Å². The van der Waals surface area contributed by atoms with Gasteiger partial charge in [-0.2, -0.15) is 4.98 Å². The molecule has 3 rings (SSSR count). The molecule has 0 spiro atoms. The second kappa shape index (κ2) is 9.94. The molecule has 32 heavy (non-hydrogen) atoms. The Hall–Kier alpha value is -3.22. The number of H-pyrrole nitrogens is 1. The SMILES string of the molecule is CC(=O)OC[C@H]1O[C@@H](n2c(N3CCCCC3)nc(=O)[nH]c2=O)[C@H](OC(C)=O)[C@@H]1OC(C)=O. The molecule has 2 fully saturated rings. The van der Waals surface area contributed by atoms with Gasteiger partial charge in [-0.05, 0) is 19.3 Å². The van der Waals surface area contributed by atoms with Gasteiger partial charge in [-0.3, -0.25) is 19.4 Å². The van der Waals surface area contributed by atoms with Gasteiger partial charge in [0.25, 0.3) is 0 Å². The van der Waals surface area contributed by atoms with Gasteiger partial charge in [0.05, 0.1) is 0 Å². The van der Waals surface area contributed by atoms with Crippen molar-refractivity contribution in [3.05, 3.63) is 21.0 Å². The maximum absolute atomic E-state index is 12.9. The summed E-state index contributed by atoms with van der Waals surface area (Å²) in [7, 11) is 0. The third-order valence-electron chi connectivity index (χ3n) is 5.08. The van der Waals surface area contributed by atoms with Gasteiger partial charge in [0.2, 0.25) is 5.95 Å². The quantitative estimate of drug-likeness (QED) is 0.425. The summed E-state index contributed by atoms with van der Waals surface area (Å²) in [6.07, 6.45) is -2.08. The van der Waals surface area contributed by atoms with Gasteiger partial charge in [-0.15, -0.1) is 0 Å². The lowest BCUT2D eigenvalue weighted by Crippen LogP contribution is -2.46. The van der Waals surface area contributed by atoms with Gasteiger partial charge in [0.15, 0.2) is 18.4 Å². The van der Waals surface area contributed by atoms with E-state index in [2.05, 4.69) is 9.97 Å². The van der Waals surface area contributed by atoms with Crippen molar-refractivity contribution >= 4 is 23.9 Å². The van der Waals surface area contributed by atoms with Crippen LogP contribution in [-0.2, 0) is 33.3 Å². The Morgan fingerprint density at radius 1 is 1.00 bits per heavy atom. The number of esters is 3. The number of anilines is 1. The Bertz CT molecular complexity index is 982. The van der Waals surface area contributed by atoms with Crippen molar-refractivity contribution < 1.29 is 33.3 Å². The molecule has 0 unspecified atom stereocenters. The second-order valence-corrected chi connectivity index (χ2v) is 7.58. The van der Waals surface area contributed by atoms with E-state index in [0.29, 0.717) is 13.1 Å². The fraction of sp³-hybridized carbons (Fsp3) is 0.684. The average molecular weight is 454 g/mol. The molecule has 0 bridgehead atoms. The Balaban J connectivity index is 2.08. The van der Waals surface area contributed by atoms with E-state index in [0.717, 1.165) is 37.7 Å². The number of nitrogens with zero attached hydrogens (tertiary/aromatic N) is 3. The number of nitrogens with one attached hydrogen (secondary N) is 1. The van der Waals surface area contributed by atoms with Gasteiger partial charge >= 0.3 is 29.3 Å².